The Bertz CT molecular complexity index is 2590. The molecule has 5 aromatic carbocycles. The number of para-hydroxylation sites is 2. The minimum Gasteiger partial charge on any atom is -0.365 e. The van der Waals surface area contributed by atoms with Crippen LogP contribution in [0.3, 0.4) is 0 Å². The van der Waals surface area contributed by atoms with Gasteiger partial charge in [-0.15, -0.1) is 0 Å². The first kappa shape index (κ1) is 36.9. The minimum atomic E-state index is -0.463. The maximum atomic E-state index is 5.65. The predicted octanol–water partition coefficient (Wildman–Crippen LogP) is 13.6. The zero-order chi connectivity index (χ0) is 39.2. The quantitative estimate of drug-likeness (QED) is 0.161. The lowest BCUT2D eigenvalue weighted by atomic mass is 9.80. The van der Waals surface area contributed by atoms with Crippen LogP contribution in [0.5, 0.6) is 0 Å². The average Bonchev–Trinajstić information content (AvgIpc) is 3.61. The van der Waals surface area contributed by atoms with E-state index in [4.69, 9.17) is 9.97 Å². The van der Waals surface area contributed by atoms with Crippen molar-refractivity contribution in [1.82, 2.24) is 19.9 Å². The van der Waals surface area contributed by atoms with Crippen molar-refractivity contribution in [3.05, 3.63) is 175 Å². The highest BCUT2D eigenvalue weighted by Crippen LogP contribution is 2.42. The van der Waals surface area contributed by atoms with Crippen molar-refractivity contribution in [2.24, 2.45) is 5.41 Å². The van der Waals surface area contributed by atoms with Gasteiger partial charge < -0.3 is 5.32 Å². The SMILES string of the molecule is CC(C)c1cccc(C(C)C)c1-c1ccnc(-c2cccc(-c3cccc4c3nc(C(C)(C)C3=CC(C)(C)C=CN3)n4-c3ccccc3-c3ccccc3)c2)c1. The molecule has 0 saturated heterocycles. The molecule has 0 aliphatic carbocycles. The molecule has 0 spiro atoms. The molecule has 1 aliphatic rings. The Morgan fingerprint density at radius 2 is 1.29 bits per heavy atom. The monoisotopic (exact) mass is 732 g/mol. The fraction of sp³-hybridized carbons (Fsp3) is 0.231. The highest BCUT2D eigenvalue weighted by molar-refractivity contribution is 5.95. The fourth-order valence-electron chi connectivity index (χ4n) is 8.29. The highest BCUT2D eigenvalue weighted by Gasteiger charge is 2.35. The Kier molecular flexibility index (Phi) is 9.62. The van der Waals surface area contributed by atoms with Crippen molar-refractivity contribution in [3.63, 3.8) is 0 Å². The molecule has 0 bridgehead atoms. The van der Waals surface area contributed by atoms with Crippen LogP contribution in [0.1, 0.15) is 84.2 Å². The number of aromatic nitrogens is 3. The van der Waals surface area contributed by atoms with Crippen LogP contribution < -0.4 is 5.32 Å². The Morgan fingerprint density at radius 1 is 0.643 bits per heavy atom. The van der Waals surface area contributed by atoms with Gasteiger partial charge in [0.15, 0.2) is 0 Å². The summed E-state index contributed by atoms with van der Waals surface area (Å²) in [4.78, 5) is 10.6. The molecule has 56 heavy (non-hydrogen) atoms. The number of fused-ring (bicyclic) bond motifs is 1. The van der Waals surface area contributed by atoms with E-state index >= 15 is 0 Å². The lowest BCUT2D eigenvalue weighted by Crippen LogP contribution is -2.34. The van der Waals surface area contributed by atoms with Crippen molar-refractivity contribution >= 4 is 11.0 Å². The lowest BCUT2D eigenvalue weighted by molar-refractivity contribution is 0.503. The van der Waals surface area contributed by atoms with Gasteiger partial charge in [-0.05, 0) is 95.6 Å². The summed E-state index contributed by atoms with van der Waals surface area (Å²) in [7, 11) is 0. The molecule has 8 rings (SSSR count). The molecule has 0 radical (unpaired) electrons. The molecule has 0 fully saturated rings. The Labute approximate surface area is 332 Å². The van der Waals surface area contributed by atoms with Crippen LogP contribution in [-0.2, 0) is 5.41 Å². The van der Waals surface area contributed by atoms with Gasteiger partial charge in [0.05, 0.1) is 27.8 Å². The van der Waals surface area contributed by atoms with Gasteiger partial charge >= 0.3 is 0 Å². The number of imidazole rings is 1. The number of benzene rings is 5. The van der Waals surface area contributed by atoms with Gasteiger partial charge in [0.1, 0.15) is 5.82 Å². The summed E-state index contributed by atoms with van der Waals surface area (Å²) in [6.45, 7) is 18.2. The Hall–Kier alpha value is -6.00. The zero-order valence-electron chi connectivity index (χ0n) is 33.9. The third kappa shape index (κ3) is 6.79. The lowest BCUT2D eigenvalue weighted by Gasteiger charge is -2.33. The minimum absolute atomic E-state index is 0.0825. The third-order valence-corrected chi connectivity index (χ3v) is 11.3. The number of rotatable bonds is 9. The number of nitrogens with one attached hydrogen (secondary N) is 1. The van der Waals surface area contributed by atoms with Crippen molar-refractivity contribution in [2.45, 2.75) is 72.6 Å². The van der Waals surface area contributed by atoms with Crippen LogP contribution in [0.15, 0.2) is 158 Å². The molecule has 4 nitrogen and oxygen atoms in total. The van der Waals surface area contributed by atoms with Crippen molar-refractivity contribution in [1.29, 1.82) is 0 Å². The molecule has 3 heterocycles. The molecule has 7 aromatic rings. The summed E-state index contributed by atoms with van der Waals surface area (Å²) in [6, 6.07) is 45.9. The van der Waals surface area contributed by atoms with Gasteiger partial charge in [0, 0.05) is 34.0 Å². The van der Waals surface area contributed by atoms with Gasteiger partial charge in [0.25, 0.3) is 0 Å². The predicted molar refractivity (Wildman–Crippen MR) is 236 cm³/mol. The molecule has 1 N–H and O–H groups in total. The van der Waals surface area contributed by atoms with Crippen molar-refractivity contribution in [2.75, 3.05) is 0 Å². The topological polar surface area (TPSA) is 42.7 Å². The van der Waals surface area contributed by atoms with Gasteiger partial charge in [-0.2, -0.15) is 0 Å². The summed E-state index contributed by atoms with van der Waals surface area (Å²) in [6.07, 6.45) is 8.59. The Morgan fingerprint density at radius 3 is 2.02 bits per heavy atom. The van der Waals surface area contributed by atoms with Gasteiger partial charge in [0.2, 0.25) is 0 Å². The van der Waals surface area contributed by atoms with E-state index in [1.165, 1.54) is 27.8 Å². The number of pyridine rings is 1. The number of allylic oxidation sites excluding steroid dienone is 3. The first-order valence-electron chi connectivity index (χ1n) is 20.0. The molecule has 0 unspecified atom stereocenters. The van der Waals surface area contributed by atoms with Crippen LogP contribution in [0.4, 0.5) is 0 Å². The maximum absolute atomic E-state index is 5.65. The highest BCUT2D eigenvalue weighted by atomic mass is 15.1. The Balaban J connectivity index is 1.31. The largest absolute Gasteiger partial charge is 0.365 e. The van der Waals surface area contributed by atoms with E-state index in [2.05, 4.69) is 211 Å². The van der Waals surface area contributed by atoms with Gasteiger partial charge in [-0.3, -0.25) is 9.55 Å². The van der Waals surface area contributed by atoms with E-state index in [-0.39, 0.29) is 5.41 Å². The molecule has 280 valence electrons. The first-order valence-corrected chi connectivity index (χ1v) is 20.0. The number of hydrogen-bond acceptors (Lipinski definition) is 3. The second-order valence-corrected chi connectivity index (χ2v) is 16.9. The molecule has 0 amide bonds. The van der Waals surface area contributed by atoms with E-state index in [0.29, 0.717) is 11.8 Å². The molecular formula is C52H52N4. The summed E-state index contributed by atoms with van der Waals surface area (Å²) >= 11 is 0. The molecule has 0 atom stereocenters. The molecule has 4 heteroatoms. The standard InChI is InChI=1S/C52H52N4/c1-34(2)40-22-15-23-41(35(3)4)48(40)39-27-29-53-44(32-39)38-20-14-19-37(31-38)43-24-16-26-46-49(43)55-50(52(7,8)47-33-51(5,6)28-30-54-47)56(46)45-25-13-12-21-42(45)36-17-10-9-11-18-36/h9-35,54H,1-8H3. The van der Waals surface area contributed by atoms with E-state index in [1.54, 1.807) is 0 Å². The number of dihydropyridines is 1. The van der Waals surface area contributed by atoms with Crippen LogP contribution in [0.2, 0.25) is 0 Å². The summed E-state index contributed by atoms with van der Waals surface area (Å²) in [5.74, 6) is 1.79. The second-order valence-electron chi connectivity index (χ2n) is 16.9. The van der Waals surface area contributed by atoms with E-state index in [9.17, 15) is 0 Å². The van der Waals surface area contributed by atoms with E-state index in [1.807, 2.05) is 6.20 Å². The molecular weight excluding hydrogens is 681 g/mol. The summed E-state index contributed by atoms with van der Waals surface area (Å²) < 4.78 is 2.39. The number of nitrogens with zero attached hydrogens (tertiary/aromatic N) is 3. The molecule has 1 aliphatic heterocycles. The van der Waals surface area contributed by atoms with Crippen LogP contribution in [0, 0.1) is 5.41 Å². The molecule has 0 saturated carbocycles. The smallest absolute Gasteiger partial charge is 0.126 e. The van der Waals surface area contributed by atoms with E-state index < -0.39 is 5.41 Å². The summed E-state index contributed by atoms with van der Waals surface area (Å²) in [5.41, 5.74) is 15.6. The average molecular weight is 733 g/mol. The first-order chi connectivity index (χ1) is 26.9. The number of hydrogen-bond donors (Lipinski definition) is 1. The van der Waals surface area contributed by atoms with Crippen LogP contribution >= 0.6 is 0 Å². The fourth-order valence-corrected chi connectivity index (χ4v) is 8.29. The van der Waals surface area contributed by atoms with Crippen LogP contribution in [-0.4, -0.2) is 14.5 Å². The van der Waals surface area contributed by atoms with Gasteiger partial charge in [-0.25, -0.2) is 4.98 Å². The van der Waals surface area contributed by atoms with Crippen molar-refractivity contribution in [3.8, 4) is 50.3 Å². The van der Waals surface area contributed by atoms with E-state index in [0.717, 1.165) is 56.2 Å². The summed E-state index contributed by atoms with van der Waals surface area (Å²) in [5, 5.41) is 3.61. The zero-order valence-corrected chi connectivity index (χ0v) is 33.9. The maximum Gasteiger partial charge on any atom is 0.126 e. The van der Waals surface area contributed by atoms with Gasteiger partial charge in [-0.1, -0.05) is 151 Å². The second kappa shape index (κ2) is 14.6. The van der Waals surface area contributed by atoms with Crippen molar-refractivity contribution < 1.29 is 0 Å². The third-order valence-electron chi connectivity index (χ3n) is 11.3. The molecule has 2 aromatic heterocycles. The normalized spacial score (nSPS) is 14.0. The van der Waals surface area contributed by atoms with Crippen LogP contribution in [0.25, 0.3) is 61.4 Å².